The normalized spacial score (nSPS) is 11.2. The van der Waals surface area contributed by atoms with Crippen molar-refractivity contribution in [2.75, 3.05) is 0 Å². The van der Waals surface area contributed by atoms with Crippen LogP contribution in [0.25, 0.3) is 21.8 Å². The molecule has 3 rings (SSSR count). The molecular formula is C35H49NO4. The molecule has 0 radical (unpaired) electrons. The first-order valence-corrected chi connectivity index (χ1v) is 15.7. The van der Waals surface area contributed by atoms with Gasteiger partial charge >= 0.3 is 11.9 Å². The molecule has 1 heterocycles. The number of benzene rings is 2. The first-order chi connectivity index (χ1) is 19.6. The first-order valence-electron chi connectivity index (χ1n) is 15.7. The van der Waals surface area contributed by atoms with Crippen LogP contribution in [0.4, 0.5) is 0 Å². The van der Waals surface area contributed by atoms with E-state index in [4.69, 9.17) is 9.47 Å². The fraction of sp³-hybridized carbons (Fsp3) is 0.543. The van der Waals surface area contributed by atoms with Gasteiger partial charge in [-0.05, 0) is 56.4 Å². The molecule has 0 amide bonds. The van der Waals surface area contributed by atoms with Gasteiger partial charge in [0.15, 0.2) is 0 Å². The molecule has 0 saturated carbocycles. The predicted octanol–water partition coefficient (Wildman–Crippen LogP) is 10.1. The van der Waals surface area contributed by atoms with Crippen molar-refractivity contribution in [3.8, 4) is 11.5 Å². The SMILES string of the molecule is C=CCCCCCCCCCn1c2cc(OC(=O)CCCCC)ccc2c2ccc(OC(=O)CCCCC)cc21. The number of carbonyl (C=O) groups is 2. The summed E-state index contributed by atoms with van der Waals surface area (Å²) in [5, 5.41) is 2.23. The van der Waals surface area contributed by atoms with Crippen LogP contribution in [0.15, 0.2) is 49.1 Å². The van der Waals surface area contributed by atoms with Gasteiger partial charge < -0.3 is 14.0 Å². The molecule has 5 heteroatoms. The highest BCUT2D eigenvalue weighted by Crippen LogP contribution is 2.34. The van der Waals surface area contributed by atoms with Gasteiger partial charge in [0, 0.05) is 42.3 Å². The van der Waals surface area contributed by atoms with Gasteiger partial charge in [-0.1, -0.05) is 77.7 Å². The minimum absolute atomic E-state index is 0.180. The highest BCUT2D eigenvalue weighted by molar-refractivity contribution is 6.09. The molecule has 0 atom stereocenters. The molecule has 1 aromatic heterocycles. The minimum Gasteiger partial charge on any atom is -0.426 e. The molecule has 0 N–H and O–H groups in total. The second kappa shape index (κ2) is 17.6. The molecule has 0 spiro atoms. The van der Waals surface area contributed by atoms with Crippen LogP contribution in [0.3, 0.4) is 0 Å². The van der Waals surface area contributed by atoms with Crippen LogP contribution >= 0.6 is 0 Å². The van der Waals surface area contributed by atoms with Crippen LogP contribution in [0, 0.1) is 0 Å². The second-order valence-corrected chi connectivity index (χ2v) is 10.9. The number of unbranched alkanes of at least 4 members (excludes halogenated alkanes) is 11. The molecule has 0 unspecified atom stereocenters. The molecule has 40 heavy (non-hydrogen) atoms. The summed E-state index contributed by atoms with van der Waals surface area (Å²) < 4.78 is 13.7. The Morgan fingerprint density at radius 1 is 0.675 bits per heavy atom. The van der Waals surface area contributed by atoms with Crippen molar-refractivity contribution >= 4 is 33.7 Å². The van der Waals surface area contributed by atoms with E-state index in [1.807, 2.05) is 42.5 Å². The fourth-order valence-corrected chi connectivity index (χ4v) is 5.27. The van der Waals surface area contributed by atoms with Crippen LogP contribution in [0.2, 0.25) is 0 Å². The monoisotopic (exact) mass is 547 g/mol. The van der Waals surface area contributed by atoms with E-state index in [1.165, 1.54) is 38.5 Å². The van der Waals surface area contributed by atoms with Crippen LogP contribution < -0.4 is 9.47 Å². The third kappa shape index (κ3) is 9.83. The van der Waals surface area contributed by atoms with Crippen LogP contribution in [0.5, 0.6) is 11.5 Å². The average Bonchev–Trinajstić information content (AvgIpc) is 3.24. The lowest BCUT2D eigenvalue weighted by atomic mass is 10.1. The summed E-state index contributed by atoms with van der Waals surface area (Å²) in [5.41, 5.74) is 2.09. The summed E-state index contributed by atoms with van der Waals surface area (Å²) in [5.74, 6) is 0.807. The minimum atomic E-state index is -0.180. The van der Waals surface area contributed by atoms with Gasteiger partial charge in [-0.25, -0.2) is 0 Å². The molecule has 0 bridgehead atoms. The van der Waals surface area contributed by atoms with E-state index in [0.29, 0.717) is 24.3 Å². The smallest absolute Gasteiger partial charge is 0.311 e. The molecule has 3 aromatic rings. The Morgan fingerprint density at radius 2 is 1.15 bits per heavy atom. The summed E-state index contributed by atoms with van der Waals surface area (Å²) in [7, 11) is 0. The van der Waals surface area contributed by atoms with Gasteiger partial charge in [-0.2, -0.15) is 0 Å². The van der Waals surface area contributed by atoms with Gasteiger partial charge in [0.25, 0.3) is 0 Å². The van der Waals surface area contributed by atoms with Gasteiger partial charge in [-0.15, -0.1) is 6.58 Å². The molecule has 0 aliphatic heterocycles. The number of fused-ring (bicyclic) bond motifs is 3. The molecule has 2 aromatic carbocycles. The van der Waals surface area contributed by atoms with E-state index in [2.05, 4.69) is 25.0 Å². The number of aromatic nitrogens is 1. The van der Waals surface area contributed by atoms with Crippen molar-refractivity contribution in [3.63, 3.8) is 0 Å². The first kappa shape index (κ1) is 31.4. The maximum Gasteiger partial charge on any atom is 0.311 e. The number of allylic oxidation sites excluding steroid dienone is 1. The number of nitrogens with zero attached hydrogens (tertiary/aromatic N) is 1. The summed E-state index contributed by atoms with van der Waals surface area (Å²) in [6.45, 7) is 8.92. The zero-order valence-corrected chi connectivity index (χ0v) is 24.8. The highest BCUT2D eigenvalue weighted by atomic mass is 16.5. The van der Waals surface area contributed by atoms with E-state index >= 15 is 0 Å². The number of hydrogen-bond acceptors (Lipinski definition) is 4. The van der Waals surface area contributed by atoms with E-state index in [0.717, 1.165) is 79.7 Å². The van der Waals surface area contributed by atoms with Crippen molar-refractivity contribution < 1.29 is 19.1 Å². The fourth-order valence-electron chi connectivity index (χ4n) is 5.27. The van der Waals surface area contributed by atoms with Crippen molar-refractivity contribution in [3.05, 3.63) is 49.1 Å². The Morgan fingerprint density at radius 3 is 1.62 bits per heavy atom. The van der Waals surface area contributed by atoms with Crippen molar-refractivity contribution in [2.45, 2.75) is 123 Å². The molecule has 0 aliphatic carbocycles. The number of aryl methyl sites for hydroxylation is 1. The van der Waals surface area contributed by atoms with Gasteiger partial charge in [0.1, 0.15) is 11.5 Å². The van der Waals surface area contributed by atoms with E-state index in [9.17, 15) is 9.59 Å². The van der Waals surface area contributed by atoms with Gasteiger partial charge in [0.2, 0.25) is 0 Å². The molecule has 0 aliphatic rings. The standard InChI is InChI=1S/C35H49NO4/c1-4-7-10-11-12-13-14-15-18-25-36-32-26-28(39-34(37)19-16-8-5-2)21-23-30(32)31-24-22-29(27-33(31)36)40-35(38)20-17-9-6-3/h4,21-24,26-27H,1,5-20,25H2,2-3H3. The third-order valence-electron chi connectivity index (χ3n) is 7.53. The van der Waals surface area contributed by atoms with Crippen LogP contribution in [0.1, 0.15) is 117 Å². The maximum atomic E-state index is 12.4. The predicted molar refractivity (Wildman–Crippen MR) is 166 cm³/mol. The molecule has 0 fully saturated rings. The average molecular weight is 548 g/mol. The quantitative estimate of drug-likeness (QED) is 0.0611. The molecule has 0 saturated heterocycles. The van der Waals surface area contributed by atoms with Gasteiger partial charge in [-0.3, -0.25) is 9.59 Å². The largest absolute Gasteiger partial charge is 0.426 e. The molecular weight excluding hydrogens is 498 g/mol. The lowest BCUT2D eigenvalue weighted by molar-refractivity contribution is -0.135. The second-order valence-electron chi connectivity index (χ2n) is 10.9. The lowest BCUT2D eigenvalue weighted by Crippen LogP contribution is -2.08. The maximum absolute atomic E-state index is 12.4. The Labute approximate surface area is 240 Å². The number of carbonyl (C=O) groups excluding carboxylic acids is 2. The van der Waals surface area contributed by atoms with Gasteiger partial charge in [0.05, 0.1) is 11.0 Å². The summed E-state index contributed by atoms with van der Waals surface area (Å²) in [6, 6.07) is 11.8. The van der Waals surface area contributed by atoms with Crippen molar-refractivity contribution in [1.82, 2.24) is 4.57 Å². The van der Waals surface area contributed by atoms with Crippen molar-refractivity contribution in [2.24, 2.45) is 0 Å². The Bertz CT molecular complexity index is 1140. The zero-order chi connectivity index (χ0) is 28.6. The van der Waals surface area contributed by atoms with Crippen molar-refractivity contribution in [1.29, 1.82) is 0 Å². The summed E-state index contributed by atoms with van der Waals surface area (Å²) in [6.07, 6.45) is 18.4. The number of hydrogen-bond donors (Lipinski definition) is 0. The Balaban J connectivity index is 1.77. The van der Waals surface area contributed by atoms with E-state index < -0.39 is 0 Å². The topological polar surface area (TPSA) is 57.5 Å². The van der Waals surface area contributed by atoms with E-state index in [1.54, 1.807) is 0 Å². The summed E-state index contributed by atoms with van der Waals surface area (Å²) in [4.78, 5) is 24.8. The highest BCUT2D eigenvalue weighted by Gasteiger charge is 2.15. The lowest BCUT2D eigenvalue weighted by Gasteiger charge is -2.10. The number of ether oxygens (including phenoxy) is 2. The Hall–Kier alpha value is -3.08. The van der Waals surface area contributed by atoms with E-state index in [-0.39, 0.29) is 11.9 Å². The Kier molecular flexibility index (Phi) is 13.8. The molecule has 218 valence electrons. The van der Waals surface area contributed by atoms with Crippen LogP contribution in [-0.4, -0.2) is 16.5 Å². The number of rotatable bonds is 20. The molecule has 5 nitrogen and oxygen atoms in total. The van der Waals surface area contributed by atoms with Crippen LogP contribution in [-0.2, 0) is 16.1 Å². The third-order valence-corrected chi connectivity index (χ3v) is 7.53. The summed E-state index contributed by atoms with van der Waals surface area (Å²) >= 11 is 0. The zero-order valence-electron chi connectivity index (χ0n) is 24.8. The number of esters is 2.